The van der Waals surface area contributed by atoms with Gasteiger partial charge in [0.25, 0.3) is 15.9 Å². The molecule has 1 amide bonds. The fourth-order valence-electron chi connectivity index (χ4n) is 2.55. The number of aryl methyl sites for hydroxylation is 1. The fraction of sp³-hybridized carbons (Fsp3) is 0.100. The van der Waals surface area contributed by atoms with E-state index in [-0.39, 0.29) is 10.8 Å². The smallest absolute Gasteiger partial charge is 0.261 e. The maximum Gasteiger partial charge on any atom is 0.261 e. The van der Waals surface area contributed by atoms with Crippen LogP contribution in [0.1, 0.15) is 21.5 Å². The molecule has 1 heterocycles. The minimum absolute atomic E-state index is 0.165. The Kier molecular flexibility index (Phi) is 5.23. The van der Waals surface area contributed by atoms with Crippen molar-refractivity contribution < 1.29 is 13.2 Å². The van der Waals surface area contributed by atoms with Crippen LogP contribution < -0.4 is 10.0 Å². The Balaban J connectivity index is 1.86. The van der Waals surface area contributed by atoms with Gasteiger partial charge in [-0.25, -0.2) is 8.42 Å². The van der Waals surface area contributed by atoms with Crippen molar-refractivity contribution in [2.24, 2.45) is 0 Å². The average Bonchev–Trinajstić information content (AvgIpc) is 2.64. The van der Waals surface area contributed by atoms with E-state index >= 15 is 0 Å². The van der Waals surface area contributed by atoms with Gasteiger partial charge in [0.05, 0.1) is 22.5 Å². The summed E-state index contributed by atoms with van der Waals surface area (Å²) in [5, 5.41) is 2.75. The molecular weight excluding hydrogens is 362 g/mol. The molecule has 27 heavy (non-hydrogen) atoms. The van der Waals surface area contributed by atoms with Crippen LogP contribution in [0.2, 0.25) is 0 Å². The van der Waals surface area contributed by atoms with Gasteiger partial charge < -0.3 is 5.32 Å². The summed E-state index contributed by atoms with van der Waals surface area (Å²) in [7, 11) is -3.75. The number of carbonyl (C=O) groups excluding carboxylic acids is 1. The molecule has 0 spiro atoms. The zero-order chi connectivity index (χ0) is 19.4. The number of anilines is 2. The topological polar surface area (TPSA) is 88.2 Å². The van der Waals surface area contributed by atoms with E-state index in [4.69, 9.17) is 0 Å². The number of hydrogen-bond donors (Lipinski definition) is 2. The number of hydrogen-bond acceptors (Lipinski definition) is 4. The highest BCUT2D eigenvalue weighted by Crippen LogP contribution is 2.23. The molecule has 2 N–H and O–H groups in total. The maximum atomic E-state index is 12.6. The van der Waals surface area contributed by atoms with Gasteiger partial charge in [0.1, 0.15) is 0 Å². The van der Waals surface area contributed by atoms with Crippen LogP contribution in [-0.4, -0.2) is 19.3 Å². The SMILES string of the molecule is Cc1ccc(S(=O)(=O)Nc2cccc(C(=O)Nc3cccnc3)c2C)cc1. The van der Waals surface area contributed by atoms with E-state index < -0.39 is 10.0 Å². The number of amides is 1. The first-order valence-electron chi connectivity index (χ1n) is 8.27. The third kappa shape index (κ3) is 4.32. The molecule has 3 rings (SSSR count). The summed E-state index contributed by atoms with van der Waals surface area (Å²) in [6.07, 6.45) is 3.15. The lowest BCUT2D eigenvalue weighted by Crippen LogP contribution is -2.17. The van der Waals surface area contributed by atoms with Gasteiger partial charge in [0, 0.05) is 11.8 Å². The molecule has 6 nitrogen and oxygen atoms in total. The number of nitrogens with one attached hydrogen (secondary N) is 2. The number of benzene rings is 2. The van der Waals surface area contributed by atoms with Crippen molar-refractivity contribution in [3.05, 3.63) is 83.7 Å². The maximum absolute atomic E-state index is 12.6. The summed E-state index contributed by atoms with van der Waals surface area (Å²) < 4.78 is 27.8. The van der Waals surface area contributed by atoms with Crippen LogP contribution >= 0.6 is 0 Å². The van der Waals surface area contributed by atoms with E-state index in [2.05, 4.69) is 15.0 Å². The summed E-state index contributed by atoms with van der Waals surface area (Å²) in [5.41, 5.74) is 2.80. The van der Waals surface area contributed by atoms with Gasteiger partial charge in [0.2, 0.25) is 0 Å². The zero-order valence-electron chi connectivity index (χ0n) is 14.9. The van der Waals surface area contributed by atoms with Gasteiger partial charge in [0.15, 0.2) is 0 Å². The summed E-state index contributed by atoms with van der Waals surface area (Å²) in [6, 6.07) is 14.9. The number of aromatic nitrogens is 1. The Morgan fingerprint density at radius 3 is 2.37 bits per heavy atom. The molecule has 0 bridgehead atoms. The molecule has 138 valence electrons. The molecule has 0 saturated carbocycles. The second-order valence-electron chi connectivity index (χ2n) is 6.09. The van der Waals surface area contributed by atoms with Crippen LogP contribution in [0.5, 0.6) is 0 Å². The summed E-state index contributed by atoms with van der Waals surface area (Å²) in [5.74, 6) is -0.336. The first kappa shape index (κ1) is 18.6. The Labute approximate surface area is 158 Å². The Hall–Kier alpha value is -3.19. The van der Waals surface area contributed by atoms with E-state index in [0.29, 0.717) is 22.5 Å². The van der Waals surface area contributed by atoms with Gasteiger partial charge in [-0.05, 0) is 55.8 Å². The molecule has 0 unspecified atom stereocenters. The zero-order valence-corrected chi connectivity index (χ0v) is 15.7. The molecule has 2 aromatic carbocycles. The van der Waals surface area contributed by atoms with Crippen molar-refractivity contribution in [3.63, 3.8) is 0 Å². The lowest BCUT2D eigenvalue weighted by atomic mass is 10.1. The van der Waals surface area contributed by atoms with Crippen molar-refractivity contribution >= 4 is 27.3 Å². The van der Waals surface area contributed by atoms with Crippen molar-refractivity contribution in [3.8, 4) is 0 Å². The van der Waals surface area contributed by atoms with E-state index in [9.17, 15) is 13.2 Å². The lowest BCUT2D eigenvalue weighted by Gasteiger charge is -2.14. The Morgan fingerprint density at radius 1 is 0.963 bits per heavy atom. The van der Waals surface area contributed by atoms with Gasteiger partial charge in [-0.1, -0.05) is 23.8 Å². The predicted molar refractivity (Wildman–Crippen MR) is 105 cm³/mol. The predicted octanol–water partition coefficient (Wildman–Crippen LogP) is 3.75. The van der Waals surface area contributed by atoms with Crippen LogP contribution in [0.15, 0.2) is 71.9 Å². The molecular formula is C20H19N3O3S. The second-order valence-corrected chi connectivity index (χ2v) is 7.77. The number of carbonyl (C=O) groups is 1. The lowest BCUT2D eigenvalue weighted by molar-refractivity contribution is 0.102. The normalized spacial score (nSPS) is 11.0. The number of pyridine rings is 1. The second kappa shape index (κ2) is 7.59. The number of nitrogens with zero attached hydrogens (tertiary/aromatic N) is 1. The van der Waals surface area contributed by atoms with E-state index in [0.717, 1.165) is 5.56 Å². The molecule has 0 fully saturated rings. The van der Waals surface area contributed by atoms with Crippen LogP contribution in [-0.2, 0) is 10.0 Å². The highest BCUT2D eigenvalue weighted by Gasteiger charge is 2.18. The number of rotatable bonds is 5. The first-order chi connectivity index (χ1) is 12.9. The third-order valence-electron chi connectivity index (χ3n) is 4.07. The van der Waals surface area contributed by atoms with Gasteiger partial charge in [-0.3, -0.25) is 14.5 Å². The third-order valence-corrected chi connectivity index (χ3v) is 5.45. The van der Waals surface area contributed by atoms with Gasteiger partial charge >= 0.3 is 0 Å². The fourth-order valence-corrected chi connectivity index (χ4v) is 3.67. The molecule has 3 aromatic rings. The monoisotopic (exact) mass is 381 g/mol. The standard InChI is InChI=1S/C20H19N3O3S/c1-14-8-10-17(11-9-14)27(25,26)23-19-7-3-6-18(15(19)2)20(24)22-16-5-4-12-21-13-16/h3-13,23H,1-2H3,(H,22,24). The minimum atomic E-state index is -3.75. The van der Waals surface area contributed by atoms with Crippen molar-refractivity contribution in [1.82, 2.24) is 4.98 Å². The van der Waals surface area contributed by atoms with Crippen LogP contribution in [0.4, 0.5) is 11.4 Å². The molecule has 0 radical (unpaired) electrons. The van der Waals surface area contributed by atoms with Crippen LogP contribution in [0.3, 0.4) is 0 Å². The van der Waals surface area contributed by atoms with Crippen LogP contribution in [0.25, 0.3) is 0 Å². The quantitative estimate of drug-likeness (QED) is 0.704. The largest absolute Gasteiger partial charge is 0.321 e. The van der Waals surface area contributed by atoms with Gasteiger partial charge in [-0.15, -0.1) is 0 Å². The average molecular weight is 381 g/mol. The highest BCUT2D eigenvalue weighted by atomic mass is 32.2. The minimum Gasteiger partial charge on any atom is -0.321 e. The molecule has 0 aliphatic rings. The summed E-state index contributed by atoms with van der Waals surface area (Å²) in [4.78, 5) is 16.7. The Morgan fingerprint density at radius 2 is 1.70 bits per heavy atom. The van der Waals surface area contributed by atoms with Crippen molar-refractivity contribution in [1.29, 1.82) is 0 Å². The molecule has 1 aromatic heterocycles. The molecule has 0 aliphatic carbocycles. The highest BCUT2D eigenvalue weighted by molar-refractivity contribution is 7.92. The van der Waals surface area contributed by atoms with Crippen LogP contribution in [0, 0.1) is 13.8 Å². The first-order valence-corrected chi connectivity index (χ1v) is 9.75. The Bertz CT molecular complexity index is 1060. The molecule has 0 saturated heterocycles. The molecule has 7 heteroatoms. The van der Waals surface area contributed by atoms with Crippen molar-refractivity contribution in [2.45, 2.75) is 18.7 Å². The summed E-state index contributed by atoms with van der Waals surface area (Å²) >= 11 is 0. The van der Waals surface area contributed by atoms with E-state index in [1.165, 1.54) is 6.20 Å². The van der Waals surface area contributed by atoms with Crippen molar-refractivity contribution in [2.75, 3.05) is 10.0 Å². The number of sulfonamides is 1. The summed E-state index contributed by atoms with van der Waals surface area (Å²) in [6.45, 7) is 3.59. The van der Waals surface area contributed by atoms with E-state index in [1.54, 1.807) is 67.7 Å². The molecule has 0 atom stereocenters. The molecule has 0 aliphatic heterocycles. The van der Waals surface area contributed by atoms with Gasteiger partial charge in [-0.2, -0.15) is 0 Å². The van der Waals surface area contributed by atoms with E-state index in [1.807, 2.05) is 6.92 Å².